The van der Waals surface area contributed by atoms with E-state index >= 15 is 0 Å². The Hall–Kier alpha value is -1.10. The van der Waals surface area contributed by atoms with Gasteiger partial charge in [0, 0.05) is 24.9 Å². The molecule has 0 unspecified atom stereocenters. The van der Waals surface area contributed by atoms with Crippen molar-refractivity contribution in [1.29, 1.82) is 0 Å². The van der Waals surface area contributed by atoms with E-state index in [0.717, 1.165) is 13.0 Å². The molecule has 0 aromatic heterocycles. The summed E-state index contributed by atoms with van der Waals surface area (Å²) >= 11 is 0. The normalized spacial score (nSPS) is 11.1. The smallest absolute Gasteiger partial charge is 0.222 e. The molecule has 0 rings (SSSR count). The van der Waals surface area contributed by atoms with Crippen LogP contribution in [-0.2, 0) is 9.59 Å². The van der Waals surface area contributed by atoms with Crippen molar-refractivity contribution in [3.63, 3.8) is 0 Å². The van der Waals surface area contributed by atoms with Crippen molar-refractivity contribution >= 4 is 11.8 Å². The van der Waals surface area contributed by atoms with E-state index in [1.807, 2.05) is 27.8 Å². The van der Waals surface area contributed by atoms with Crippen molar-refractivity contribution in [2.45, 2.75) is 45.6 Å². The van der Waals surface area contributed by atoms with Crippen molar-refractivity contribution in [1.82, 2.24) is 16.0 Å². The Morgan fingerprint density at radius 3 is 2.18 bits per heavy atom. The molecule has 0 bridgehead atoms. The zero-order valence-electron chi connectivity index (χ0n) is 11.4. The molecule has 0 saturated carbocycles. The number of carbonyl (C=O) groups is 2. The highest BCUT2D eigenvalue weighted by Gasteiger charge is 2.13. The predicted molar refractivity (Wildman–Crippen MR) is 68.7 cm³/mol. The van der Waals surface area contributed by atoms with Crippen LogP contribution in [0.1, 0.15) is 40.0 Å². The standard InChI is InChI=1S/C12H25N3O2/c1-12(2,3)15-11(17)7-9-14-10(16)6-5-8-13-4/h13H,5-9H2,1-4H3,(H,14,16)(H,15,17). The Kier molecular flexibility index (Phi) is 7.54. The second kappa shape index (κ2) is 8.06. The molecular weight excluding hydrogens is 218 g/mol. The first kappa shape index (κ1) is 15.9. The first-order chi connectivity index (χ1) is 7.85. The first-order valence-electron chi connectivity index (χ1n) is 6.07. The average molecular weight is 243 g/mol. The SMILES string of the molecule is CNCCCC(=O)NCCC(=O)NC(C)(C)C. The molecule has 0 aromatic rings. The van der Waals surface area contributed by atoms with E-state index in [9.17, 15) is 9.59 Å². The summed E-state index contributed by atoms with van der Waals surface area (Å²) in [5.41, 5.74) is -0.214. The van der Waals surface area contributed by atoms with Gasteiger partial charge in [-0.25, -0.2) is 0 Å². The molecular formula is C12H25N3O2. The molecule has 0 spiro atoms. The minimum Gasteiger partial charge on any atom is -0.356 e. The van der Waals surface area contributed by atoms with Crippen LogP contribution in [-0.4, -0.2) is 37.5 Å². The zero-order chi connectivity index (χ0) is 13.3. The van der Waals surface area contributed by atoms with Gasteiger partial charge in [0.1, 0.15) is 0 Å². The van der Waals surface area contributed by atoms with Gasteiger partial charge in [-0.05, 0) is 40.8 Å². The fourth-order valence-corrected chi connectivity index (χ4v) is 1.31. The van der Waals surface area contributed by atoms with Crippen molar-refractivity contribution < 1.29 is 9.59 Å². The van der Waals surface area contributed by atoms with Gasteiger partial charge in [0.15, 0.2) is 0 Å². The summed E-state index contributed by atoms with van der Waals surface area (Å²) in [5, 5.41) is 8.55. The van der Waals surface area contributed by atoms with Gasteiger partial charge in [0.25, 0.3) is 0 Å². The van der Waals surface area contributed by atoms with E-state index in [1.165, 1.54) is 0 Å². The summed E-state index contributed by atoms with van der Waals surface area (Å²) in [4.78, 5) is 22.7. The molecule has 5 heteroatoms. The third kappa shape index (κ3) is 11.2. The molecule has 0 radical (unpaired) electrons. The van der Waals surface area contributed by atoms with Crippen LogP contribution in [0.4, 0.5) is 0 Å². The van der Waals surface area contributed by atoms with Crippen LogP contribution < -0.4 is 16.0 Å². The minimum atomic E-state index is -0.214. The van der Waals surface area contributed by atoms with Crippen LogP contribution >= 0.6 is 0 Å². The van der Waals surface area contributed by atoms with Gasteiger partial charge in [-0.2, -0.15) is 0 Å². The summed E-state index contributed by atoms with van der Waals surface area (Å²) < 4.78 is 0. The zero-order valence-corrected chi connectivity index (χ0v) is 11.4. The second-order valence-corrected chi connectivity index (χ2v) is 5.11. The lowest BCUT2D eigenvalue weighted by Crippen LogP contribution is -2.42. The second-order valence-electron chi connectivity index (χ2n) is 5.11. The van der Waals surface area contributed by atoms with Crippen LogP contribution in [0, 0.1) is 0 Å². The fraction of sp³-hybridized carbons (Fsp3) is 0.833. The number of hydrogen-bond donors (Lipinski definition) is 3. The topological polar surface area (TPSA) is 70.2 Å². The quantitative estimate of drug-likeness (QED) is 0.567. The van der Waals surface area contributed by atoms with Gasteiger partial charge in [0.05, 0.1) is 0 Å². The van der Waals surface area contributed by atoms with Crippen molar-refractivity contribution in [2.75, 3.05) is 20.1 Å². The van der Waals surface area contributed by atoms with E-state index in [4.69, 9.17) is 0 Å². The fourth-order valence-electron chi connectivity index (χ4n) is 1.31. The van der Waals surface area contributed by atoms with Crippen LogP contribution in [0.2, 0.25) is 0 Å². The highest BCUT2D eigenvalue weighted by atomic mass is 16.2. The van der Waals surface area contributed by atoms with Crippen LogP contribution in [0.5, 0.6) is 0 Å². The highest BCUT2D eigenvalue weighted by Crippen LogP contribution is 1.98. The molecule has 3 N–H and O–H groups in total. The molecule has 0 aliphatic carbocycles. The van der Waals surface area contributed by atoms with Crippen LogP contribution in [0.25, 0.3) is 0 Å². The Bertz CT molecular complexity index is 247. The molecule has 0 fully saturated rings. The van der Waals surface area contributed by atoms with E-state index in [-0.39, 0.29) is 17.4 Å². The molecule has 5 nitrogen and oxygen atoms in total. The third-order valence-electron chi connectivity index (χ3n) is 2.02. The van der Waals surface area contributed by atoms with E-state index < -0.39 is 0 Å². The molecule has 0 aliphatic heterocycles. The molecule has 0 atom stereocenters. The molecule has 100 valence electrons. The Labute approximate surface area is 104 Å². The molecule has 17 heavy (non-hydrogen) atoms. The maximum absolute atomic E-state index is 11.4. The van der Waals surface area contributed by atoms with E-state index in [0.29, 0.717) is 19.4 Å². The number of nitrogens with one attached hydrogen (secondary N) is 3. The monoisotopic (exact) mass is 243 g/mol. The maximum atomic E-state index is 11.4. The van der Waals surface area contributed by atoms with Crippen LogP contribution in [0.3, 0.4) is 0 Å². The molecule has 0 aromatic carbocycles. The third-order valence-corrected chi connectivity index (χ3v) is 2.02. The molecule has 0 aliphatic rings. The number of amides is 2. The Morgan fingerprint density at radius 2 is 1.65 bits per heavy atom. The number of rotatable bonds is 7. The number of hydrogen-bond acceptors (Lipinski definition) is 3. The summed E-state index contributed by atoms with van der Waals surface area (Å²) in [6.45, 7) is 7.03. The summed E-state index contributed by atoms with van der Waals surface area (Å²) in [5.74, 6) is -0.0307. The Balaban J connectivity index is 3.56. The molecule has 2 amide bonds. The Morgan fingerprint density at radius 1 is 1.00 bits per heavy atom. The van der Waals surface area contributed by atoms with Gasteiger partial charge < -0.3 is 16.0 Å². The maximum Gasteiger partial charge on any atom is 0.222 e. The minimum absolute atomic E-state index is 0.00353. The van der Waals surface area contributed by atoms with Crippen molar-refractivity contribution in [2.24, 2.45) is 0 Å². The van der Waals surface area contributed by atoms with E-state index in [2.05, 4.69) is 16.0 Å². The molecule has 0 saturated heterocycles. The van der Waals surface area contributed by atoms with Gasteiger partial charge in [-0.3, -0.25) is 9.59 Å². The van der Waals surface area contributed by atoms with Gasteiger partial charge in [-0.15, -0.1) is 0 Å². The highest BCUT2D eigenvalue weighted by molar-refractivity contribution is 5.79. The van der Waals surface area contributed by atoms with Gasteiger partial charge >= 0.3 is 0 Å². The van der Waals surface area contributed by atoms with Gasteiger partial charge in [-0.1, -0.05) is 0 Å². The summed E-state index contributed by atoms with van der Waals surface area (Å²) in [6.07, 6.45) is 1.65. The predicted octanol–water partition coefficient (Wildman–Crippen LogP) is 0.407. The van der Waals surface area contributed by atoms with Gasteiger partial charge in [0.2, 0.25) is 11.8 Å². The lowest BCUT2D eigenvalue weighted by Gasteiger charge is -2.20. The summed E-state index contributed by atoms with van der Waals surface area (Å²) in [7, 11) is 1.86. The lowest BCUT2D eigenvalue weighted by molar-refractivity contribution is -0.123. The largest absolute Gasteiger partial charge is 0.356 e. The van der Waals surface area contributed by atoms with E-state index in [1.54, 1.807) is 0 Å². The summed E-state index contributed by atoms with van der Waals surface area (Å²) in [6, 6.07) is 0. The lowest BCUT2D eigenvalue weighted by atomic mass is 10.1. The average Bonchev–Trinajstić information content (AvgIpc) is 2.15. The molecule has 0 heterocycles. The number of carbonyl (C=O) groups excluding carboxylic acids is 2. The van der Waals surface area contributed by atoms with Crippen LogP contribution in [0.15, 0.2) is 0 Å². The van der Waals surface area contributed by atoms with Crippen molar-refractivity contribution in [3.05, 3.63) is 0 Å². The van der Waals surface area contributed by atoms with Crippen molar-refractivity contribution in [3.8, 4) is 0 Å². The first-order valence-corrected chi connectivity index (χ1v) is 6.07.